The third kappa shape index (κ3) is 3.45. The molecule has 0 fully saturated rings. The summed E-state index contributed by atoms with van der Waals surface area (Å²) >= 11 is 0. The molecule has 0 unspecified atom stereocenters. The Morgan fingerprint density at radius 2 is 1.42 bits per heavy atom. The van der Waals surface area contributed by atoms with E-state index in [-0.39, 0.29) is 0 Å². The molecule has 0 saturated heterocycles. The molecule has 0 aliphatic rings. The van der Waals surface area contributed by atoms with Gasteiger partial charge in [0.25, 0.3) is 0 Å². The summed E-state index contributed by atoms with van der Waals surface area (Å²) in [4.78, 5) is 14.2. The highest BCUT2D eigenvalue weighted by atomic mass is 16.3. The van der Waals surface area contributed by atoms with Crippen LogP contribution in [0.5, 0.6) is 0 Å². The van der Waals surface area contributed by atoms with Crippen molar-refractivity contribution in [3.63, 3.8) is 0 Å². The monoisotopic (exact) mass is 401 g/mol. The van der Waals surface area contributed by atoms with Gasteiger partial charge in [-0.1, -0.05) is 86.0 Å². The van der Waals surface area contributed by atoms with Gasteiger partial charge in [-0.2, -0.15) is 0 Å². The van der Waals surface area contributed by atoms with E-state index in [0.29, 0.717) is 17.5 Å². The van der Waals surface area contributed by atoms with Crippen LogP contribution < -0.4 is 0 Å². The first-order valence-corrected chi connectivity index (χ1v) is 9.95. The predicted molar refractivity (Wildman–Crippen MR) is 126 cm³/mol. The number of benzene rings is 3. The maximum atomic E-state index is 6.05. The van der Waals surface area contributed by atoms with E-state index in [1.54, 1.807) is 12.2 Å². The molecule has 148 valence electrons. The largest absolute Gasteiger partial charge is 0.456 e. The second kappa shape index (κ2) is 7.84. The zero-order valence-electron chi connectivity index (χ0n) is 16.8. The lowest BCUT2D eigenvalue weighted by molar-refractivity contribution is 0.669. The molecule has 3 aromatic carbocycles. The summed E-state index contributed by atoms with van der Waals surface area (Å²) in [6.45, 7) is 7.68. The van der Waals surface area contributed by atoms with Gasteiger partial charge in [0, 0.05) is 27.5 Å². The van der Waals surface area contributed by atoms with E-state index in [1.165, 1.54) is 0 Å². The molecule has 0 N–H and O–H groups in total. The minimum Gasteiger partial charge on any atom is -0.456 e. The first kappa shape index (κ1) is 18.7. The molecule has 4 nitrogen and oxygen atoms in total. The number of hydrogen-bond donors (Lipinski definition) is 0. The first-order valence-electron chi connectivity index (χ1n) is 9.95. The second-order valence-corrected chi connectivity index (χ2v) is 7.04. The Labute approximate surface area is 179 Å². The minimum absolute atomic E-state index is 0.545. The van der Waals surface area contributed by atoms with E-state index in [4.69, 9.17) is 14.4 Å². The lowest BCUT2D eigenvalue weighted by Gasteiger charge is -2.08. The van der Waals surface area contributed by atoms with Gasteiger partial charge in [0.05, 0.1) is 0 Å². The SMILES string of the molecule is C=C/C=C(\C=C)c1nc(-c2ccccc2)nc(-c2ccc3c(c2)oc2ccccc23)n1. The average molecular weight is 401 g/mol. The molecule has 0 spiro atoms. The van der Waals surface area contributed by atoms with Crippen molar-refractivity contribution in [3.05, 3.63) is 110 Å². The van der Waals surface area contributed by atoms with Gasteiger partial charge in [-0.25, -0.2) is 15.0 Å². The smallest absolute Gasteiger partial charge is 0.164 e. The van der Waals surface area contributed by atoms with Crippen LogP contribution in [0, 0.1) is 0 Å². The number of allylic oxidation sites excluding steroid dienone is 4. The third-order valence-corrected chi connectivity index (χ3v) is 5.08. The third-order valence-electron chi connectivity index (χ3n) is 5.08. The van der Waals surface area contributed by atoms with Crippen LogP contribution in [-0.2, 0) is 0 Å². The number of para-hydroxylation sites is 1. The fraction of sp³-hybridized carbons (Fsp3) is 0. The topological polar surface area (TPSA) is 51.8 Å². The summed E-state index contributed by atoms with van der Waals surface area (Å²) in [7, 11) is 0. The quantitative estimate of drug-likeness (QED) is 0.302. The van der Waals surface area contributed by atoms with Gasteiger partial charge in [0.2, 0.25) is 0 Å². The lowest BCUT2D eigenvalue weighted by Crippen LogP contribution is -2.02. The van der Waals surface area contributed by atoms with Gasteiger partial charge in [-0.15, -0.1) is 0 Å². The molecular weight excluding hydrogens is 382 g/mol. The molecule has 5 rings (SSSR count). The van der Waals surface area contributed by atoms with Crippen molar-refractivity contribution in [1.82, 2.24) is 15.0 Å². The Morgan fingerprint density at radius 1 is 0.710 bits per heavy atom. The molecule has 0 atom stereocenters. The van der Waals surface area contributed by atoms with Crippen molar-refractivity contribution >= 4 is 27.5 Å². The number of fused-ring (bicyclic) bond motifs is 3. The molecule has 0 aliphatic carbocycles. The van der Waals surface area contributed by atoms with Gasteiger partial charge in [-0.3, -0.25) is 0 Å². The number of aromatic nitrogens is 3. The summed E-state index contributed by atoms with van der Waals surface area (Å²) in [6, 6.07) is 23.9. The molecule has 0 bridgehead atoms. The maximum absolute atomic E-state index is 6.05. The molecule has 5 aromatic rings. The van der Waals surface area contributed by atoms with Crippen LogP contribution in [-0.4, -0.2) is 15.0 Å². The molecule has 2 aromatic heterocycles. The Hall–Kier alpha value is -4.31. The molecule has 4 heteroatoms. The van der Waals surface area contributed by atoms with E-state index in [9.17, 15) is 0 Å². The van der Waals surface area contributed by atoms with Crippen molar-refractivity contribution in [2.24, 2.45) is 0 Å². The van der Waals surface area contributed by atoms with E-state index in [0.717, 1.165) is 38.6 Å². The summed E-state index contributed by atoms with van der Waals surface area (Å²) in [5.41, 5.74) is 4.21. The number of furan rings is 1. The molecule has 31 heavy (non-hydrogen) atoms. The molecule has 0 radical (unpaired) electrons. The fourth-order valence-electron chi connectivity index (χ4n) is 3.58. The average Bonchev–Trinajstić information content (AvgIpc) is 3.20. The van der Waals surface area contributed by atoms with Crippen molar-refractivity contribution in [1.29, 1.82) is 0 Å². The molecule has 2 heterocycles. The van der Waals surface area contributed by atoms with Crippen molar-refractivity contribution < 1.29 is 4.42 Å². The molecule has 0 aliphatic heterocycles. The van der Waals surface area contributed by atoms with Crippen LogP contribution in [0.25, 0.3) is 50.3 Å². The van der Waals surface area contributed by atoms with Crippen LogP contribution >= 0.6 is 0 Å². The van der Waals surface area contributed by atoms with E-state index >= 15 is 0 Å². The summed E-state index contributed by atoms with van der Waals surface area (Å²) in [5.74, 6) is 1.72. The summed E-state index contributed by atoms with van der Waals surface area (Å²) < 4.78 is 6.05. The van der Waals surface area contributed by atoms with Crippen molar-refractivity contribution in [3.8, 4) is 22.8 Å². The van der Waals surface area contributed by atoms with E-state index in [2.05, 4.69) is 30.3 Å². The van der Waals surface area contributed by atoms with Crippen LogP contribution in [0.15, 0.2) is 109 Å². The second-order valence-electron chi connectivity index (χ2n) is 7.04. The van der Waals surface area contributed by atoms with Gasteiger partial charge in [0.15, 0.2) is 17.5 Å². The highest BCUT2D eigenvalue weighted by Gasteiger charge is 2.14. The normalized spacial score (nSPS) is 11.7. The molecule has 0 saturated carbocycles. The van der Waals surface area contributed by atoms with Crippen LogP contribution in [0.3, 0.4) is 0 Å². The predicted octanol–water partition coefficient (Wildman–Crippen LogP) is 6.86. The number of nitrogens with zero attached hydrogens (tertiary/aromatic N) is 3. The van der Waals surface area contributed by atoms with Crippen LogP contribution in [0.1, 0.15) is 5.82 Å². The van der Waals surface area contributed by atoms with Crippen LogP contribution in [0.2, 0.25) is 0 Å². The Balaban J connectivity index is 1.72. The molecule has 0 amide bonds. The zero-order chi connectivity index (χ0) is 21.2. The van der Waals surface area contributed by atoms with Crippen LogP contribution in [0.4, 0.5) is 0 Å². The fourth-order valence-corrected chi connectivity index (χ4v) is 3.58. The first-order chi connectivity index (χ1) is 15.3. The number of rotatable bonds is 5. The van der Waals surface area contributed by atoms with Gasteiger partial charge >= 0.3 is 0 Å². The standard InChI is InChI=1S/C27H19N3O/c1-3-10-18(4-2)25-28-26(19-11-6-5-7-12-19)30-27(29-25)20-15-16-22-21-13-8-9-14-23(21)31-24(22)17-20/h3-17H,1-2H2/b18-10+. The van der Waals surface area contributed by atoms with E-state index in [1.807, 2.05) is 66.7 Å². The highest BCUT2D eigenvalue weighted by Crippen LogP contribution is 2.32. The Bertz CT molecular complexity index is 1460. The van der Waals surface area contributed by atoms with Gasteiger partial charge in [0.1, 0.15) is 11.2 Å². The highest BCUT2D eigenvalue weighted by molar-refractivity contribution is 6.05. The summed E-state index contributed by atoms with van der Waals surface area (Å²) in [5, 5.41) is 2.16. The van der Waals surface area contributed by atoms with Crippen molar-refractivity contribution in [2.45, 2.75) is 0 Å². The molecular formula is C27H19N3O. The maximum Gasteiger partial charge on any atom is 0.164 e. The Morgan fingerprint density at radius 3 is 2.19 bits per heavy atom. The van der Waals surface area contributed by atoms with Gasteiger partial charge < -0.3 is 4.42 Å². The van der Waals surface area contributed by atoms with E-state index < -0.39 is 0 Å². The van der Waals surface area contributed by atoms with Gasteiger partial charge in [-0.05, 0) is 18.2 Å². The lowest BCUT2D eigenvalue weighted by atomic mass is 10.1. The Kier molecular flexibility index (Phi) is 4.73. The minimum atomic E-state index is 0.545. The number of hydrogen-bond acceptors (Lipinski definition) is 4. The zero-order valence-corrected chi connectivity index (χ0v) is 16.8. The van der Waals surface area contributed by atoms with Crippen molar-refractivity contribution in [2.75, 3.05) is 0 Å². The summed E-state index contributed by atoms with van der Waals surface area (Å²) in [6.07, 6.45) is 5.25.